The summed E-state index contributed by atoms with van der Waals surface area (Å²) in [7, 11) is 1.76. The topological polar surface area (TPSA) is 9.23 Å². The van der Waals surface area contributed by atoms with Crippen LogP contribution in [0.5, 0.6) is 0 Å². The molecule has 0 saturated heterocycles. The lowest BCUT2D eigenvalue weighted by molar-refractivity contribution is 0.110. The number of hydrogen-bond acceptors (Lipinski definition) is 1. The zero-order valence-electron chi connectivity index (χ0n) is 8.02. The van der Waals surface area contributed by atoms with Gasteiger partial charge in [-0.05, 0) is 26.2 Å². The summed E-state index contributed by atoms with van der Waals surface area (Å²) in [6.07, 6.45) is 3.79. The van der Waals surface area contributed by atoms with Gasteiger partial charge >= 0.3 is 0 Å². The van der Waals surface area contributed by atoms with E-state index in [9.17, 15) is 0 Å². The maximum Gasteiger partial charge on any atom is 0.0553 e. The summed E-state index contributed by atoms with van der Waals surface area (Å²) in [4.78, 5) is 1.20. The summed E-state index contributed by atoms with van der Waals surface area (Å²) in [6.45, 7) is 4.29. The largest absolute Gasteiger partial charge is 0.382 e. The molecule has 0 spiro atoms. The van der Waals surface area contributed by atoms with Crippen LogP contribution in [0, 0.1) is 0 Å². The van der Waals surface area contributed by atoms with E-state index in [4.69, 9.17) is 4.74 Å². The van der Waals surface area contributed by atoms with Crippen LogP contribution in [0.25, 0.3) is 0 Å². The zero-order valence-corrected chi connectivity index (χ0v) is 11.2. The molecule has 0 bridgehead atoms. The lowest BCUT2D eigenvalue weighted by atomic mass is 10.1. The second-order valence-corrected chi connectivity index (χ2v) is 5.71. The molecule has 0 N–H and O–H groups in total. The molecule has 0 aliphatic heterocycles. The number of ether oxygens (including phenoxy) is 1. The van der Waals surface area contributed by atoms with E-state index in [1.165, 1.54) is 12.8 Å². The average molecular weight is 302 g/mol. The van der Waals surface area contributed by atoms with Crippen LogP contribution in [0.2, 0.25) is 0 Å². The molecule has 0 saturated carbocycles. The van der Waals surface area contributed by atoms with E-state index in [1.807, 2.05) is 0 Å². The van der Waals surface area contributed by atoms with Crippen molar-refractivity contribution in [2.75, 3.05) is 7.11 Å². The maximum atomic E-state index is 5.19. The second-order valence-electron chi connectivity index (χ2n) is 3.12. The highest BCUT2D eigenvalue weighted by molar-refractivity contribution is 9.10. The highest BCUT2D eigenvalue weighted by Gasteiger charge is 2.12. The van der Waals surface area contributed by atoms with Crippen molar-refractivity contribution < 1.29 is 4.74 Å². The van der Waals surface area contributed by atoms with Crippen molar-refractivity contribution >= 4 is 31.9 Å². The predicted molar refractivity (Wildman–Crippen MR) is 61.4 cm³/mol. The van der Waals surface area contributed by atoms with Crippen molar-refractivity contribution in [3.63, 3.8) is 0 Å². The van der Waals surface area contributed by atoms with E-state index in [2.05, 4.69) is 45.7 Å². The fourth-order valence-corrected chi connectivity index (χ4v) is 2.93. The second kappa shape index (κ2) is 7.34. The Morgan fingerprint density at radius 3 is 2.17 bits per heavy atom. The smallest absolute Gasteiger partial charge is 0.0553 e. The van der Waals surface area contributed by atoms with E-state index in [1.54, 1.807) is 7.11 Å². The van der Waals surface area contributed by atoms with E-state index in [-0.39, 0.29) is 0 Å². The van der Waals surface area contributed by atoms with Crippen LogP contribution in [0.1, 0.15) is 33.1 Å². The lowest BCUT2D eigenvalue weighted by Crippen LogP contribution is -2.15. The van der Waals surface area contributed by atoms with Gasteiger partial charge in [-0.2, -0.15) is 0 Å². The standard InChI is InChI=1S/C9H18Br2O/c1-4-8(10)6-9(11)5-7(2)12-3/h7-9H,4-6H2,1-3H3. The predicted octanol–water partition coefficient (Wildman–Crippen LogP) is 3.74. The Bertz CT molecular complexity index is 96.7. The van der Waals surface area contributed by atoms with E-state index < -0.39 is 0 Å². The Morgan fingerprint density at radius 1 is 1.17 bits per heavy atom. The Kier molecular flexibility index (Phi) is 7.90. The third kappa shape index (κ3) is 6.44. The molecule has 0 amide bonds. The van der Waals surface area contributed by atoms with Gasteiger partial charge < -0.3 is 4.74 Å². The lowest BCUT2D eigenvalue weighted by Gasteiger charge is -2.16. The molecule has 0 heterocycles. The molecule has 0 aromatic rings. The summed E-state index contributed by atoms with van der Waals surface area (Å²) in [6, 6.07) is 0. The first-order chi connectivity index (χ1) is 5.60. The maximum absolute atomic E-state index is 5.19. The van der Waals surface area contributed by atoms with Crippen LogP contribution >= 0.6 is 31.9 Å². The summed E-state index contributed by atoms with van der Waals surface area (Å²) < 4.78 is 5.19. The first-order valence-corrected chi connectivity index (χ1v) is 6.24. The number of methoxy groups -OCH3 is 1. The van der Waals surface area contributed by atoms with E-state index in [0.29, 0.717) is 15.8 Å². The molecule has 3 heteroatoms. The van der Waals surface area contributed by atoms with Gasteiger partial charge in [0.15, 0.2) is 0 Å². The SMILES string of the molecule is CCC(Br)CC(Br)CC(C)OC. The molecule has 12 heavy (non-hydrogen) atoms. The Balaban J connectivity index is 3.51. The van der Waals surface area contributed by atoms with Gasteiger partial charge in [0.25, 0.3) is 0 Å². The van der Waals surface area contributed by atoms with Gasteiger partial charge in [0.05, 0.1) is 6.10 Å². The molecule has 0 fully saturated rings. The van der Waals surface area contributed by atoms with Crippen molar-refractivity contribution in [1.29, 1.82) is 0 Å². The summed E-state index contributed by atoms with van der Waals surface area (Å²) in [5, 5.41) is 0. The van der Waals surface area contributed by atoms with E-state index in [0.717, 1.165) is 6.42 Å². The zero-order chi connectivity index (χ0) is 9.56. The van der Waals surface area contributed by atoms with Crippen molar-refractivity contribution in [2.45, 2.75) is 48.9 Å². The van der Waals surface area contributed by atoms with Crippen LogP contribution in [0.15, 0.2) is 0 Å². The summed E-state index contributed by atoms with van der Waals surface area (Å²) in [5.74, 6) is 0. The molecule has 0 aliphatic carbocycles. The van der Waals surface area contributed by atoms with Gasteiger partial charge in [-0.1, -0.05) is 38.8 Å². The summed E-state index contributed by atoms with van der Waals surface area (Å²) >= 11 is 7.27. The Labute approximate surface area is 92.5 Å². The van der Waals surface area contributed by atoms with Gasteiger partial charge in [0.2, 0.25) is 0 Å². The average Bonchev–Trinajstić information content (AvgIpc) is 2.03. The summed E-state index contributed by atoms with van der Waals surface area (Å²) in [5.41, 5.74) is 0. The van der Waals surface area contributed by atoms with Gasteiger partial charge in [0.1, 0.15) is 0 Å². The highest BCUT2D eigenvalue weighted by Crippen LogP contribution is 2.21. The first kappa shape index (κ1) is 12.9. The molecule has 3 atom stereocenters. The Morgan fingerprint density at radius 2 is 1.75 bits per heavy atom. The molecule has 0 rings (SSSR count). The molecule has 1 nitrogen and oxygen atoms in total. The van der Waals surface area contributed by atoms with Crippen LogP contribution in [0.3, 0.4) is 0 Å². The molecule has 0 aromatic heterocycles. The molecule has 0 aromatic carbocycles. The van der Waals surface area contributed by atoms with Crippen molar-refractivity contribution in [1.82, 2.24) is 0 Å². The van der Waals surface area contributed by atoms with E-state index >= 15 is 0 Å². The Hall–Kier alpha value is 0.920. The van der Waals surface area contributed by atoms with Gasteiger partial charge in [0, 0.05) is 16.8 Å². The fourth-order valence-electron chi connectivity index (χ4n) is 0.997. The fraction of sp³-hybridized carbons (Fsp3) is 1.00. The minimum absolute atomic E-state index is 0.353. The molecule has 0 aliphatic rings. The third-order valence-corrected chi connectivity index (χ3v) is 3.71. The van der Waals surface area contributed by atoms with Crippen LogP contribution in [-0.4, -0.2) is 22.9 Å². The highest BCUT2D eigenvalue weighted by atomic mass is 79.9. The van der Waals surface area contributed by atoms with Crippen molar-refractivity contribution in [3.05, 3.63) is 0 Å². The number of rotatable bonds is 6. The monoisotopic (exact) mass is 300 g/mol. The molecule has 0 radical (unpaired) electrons. The molecular formula is C9H18Br2O. The third-order valence-electron chi connectivity index (χ3n) is 1.94. The minimum atomic E-state index is 0.353. The van der Waals surface area contributed by atoms with Gasteiger partial charge in [-0.25, -0.2) is 0 Å². The molecule has 74 valence electrons. The number of halogens is 2. The molecular weight excluding hydrogens is 284 g/mol. The molecule has 3 unspecified atom stereocenters. The van der Waals surface area contributed by atoms with Crippen LogP contribution < -0.4 is 0 Å². The quantitative estimate of drug-likeness (QED) is 0.679. The van der Waals surface area contributed by atoms with Gasteiger partial charge in [-0.15, -0.1) is 0 Å². The van der Waals surface area contributed by atoms with Crippen molar-refractivity contribution in [3.8, 4) is 0 Å². The normalized spacial score (nSPS) is 18.8. The number of hydrogen-bond donors (Lipinski definition) is 0. The van der Waals surface area contributed by atoms with Crippen LogP contribution in [-0.2, 0) is 4.74 Å². The minimum Gasteiger partial charge on any atom is -0.382 e. The van der Waals surface area contributed by atoms with Crippen molar-refractivity contribution in [2.24, 2.45) is 0 Å². The number of alkyl halides is 2. The van der Waals surface area contributed by atoms with Gasteiger partial charge in [-0.3, -0.25) is 0 Å². The van der Waals surface area contributed by atoms with Crippen LogP contribution in [0.4, 0.5) is 0 Å². The first-order valence-electron chi connectivity index (χ1n) is 4.41.